The highest BCUT2D eigenvalue weighted by Gasteiger charge is 1.90. The van der Waals surface area contributed by atoms with Crippen LogP contribution in [-0.4, -0.2) is 32.6 Å². The van der Waals surface area contributed by atoms with Crippen molar-refractivity contribution in [3.63, 3.8) is 0 Å². The zero-order valence-corrected chi connectivity index (χ0v) is 16.8. The average molecular weight is 327 g/mol. The van der Waals surface area contributed by atoms with E-state index in [1.807, 2.05) is 26.0 Å². The molecular weight excluding hydrogens is 280 g/mol. The van der Waals surface area contributed by atoms with E-state index in [2.05, 4.69) is 19.1 Å². The van der Waals surface area contributed by atoms with Gasteiger partial charge in [-0.05, 0) is 59.8 Å². The van der Waals surface area contributed by atoms with Crippen molar-refractivity contribution in [3.05, 3.63) is 12.2 Å². The molecular formula is C21H46N2. The van der Waals surface area contributed by atoms with Crippen LogP contribution in [0.1, 0.15) is 96.8 Å². The summed E-state index contributed by atoms with van der Waals surface area (Å²) >= 11 is 0. The second-order valence-electron chi connectivity index (χ2n) is 7.07. The van der Waals surface area contributed by atoms with Crippen LogP contribution in [0.4, 0.5) is 0 Å². The number of nitrogens with two attached hydrogens (primary N) is 1. The zero-order valence-electron chi connectivity index (χ0n) is 16.8. The van der Waals surface area contributed by atoms with E-state index in [1.54, 1.807) is 0 Å². The third-order valence-electron chi connectivity index (χ3n) is 3.72. The Hall–Kier alpha value is -0.340. The second-order valence-corrected chi connectivity index (χ2v) is 7.07. The van der Waals surface area contributed by atoms with E-state index in [4.69, 9.17) is 5.73 Å². The topological polar surface area (TPSA) is 29.3 Å². The van der Waals surface area contributed by atoms with E-state index in [0.29, 0.717) is 0 Å². The van der Waals surface area contributed by atoms with E-state index in [1.165, 1.54) is 89.9 Å². The van der Waals surface area contributed by atoms with Crippen LogP contribution >= 0.6 is 0 Å². The maximum atomic E-state index is 5.47. The summed E-state index contributed by atoms with van der Waals surface area (Å²) in [5.74, 6) is 0. The van der Waals surface area contributed by atoms with Crippen LogP contribution < -0.4 is 5.73 Å². The lowest BCUT2D eigenvalue weighted by atomic mass is 10.1. The van der Waals surface area contributed by atoms with Crippen LogP contribution in [0, 0.1) is 0 Å². The molecule has 0 radical (unpaired) electrons. The molecule has 0 aromatic heterocycles. The van der Waals surface area contributed by atoms with Crippen LogP contribution in [0.15, 0.2) is 12.2 Å². The Kier molecular flexibility index (Phi) is 25.9. The number of hydrogen-bond acceptors (Lipinski definition) is 2. The van der Waals surface area contributed by atoms with Crippen LogP contribution in [0.3, 0.4) is 0 Å². The van der Waals surface area contributed by atoms with Crippen molar-refractivity contribution in [1.82, 2.24) is 4.90 Å². The molecule has 0 saturated heterocycles. The summed E-state index contributed by atoms with van der Waals surface area (Å²) in [6, 6.07) is 0. The maximum absolute atomic E-state index is 5.47. The first kappa shape index (κ1) is 24.9. The molecule has 0 aromatic rings. The molecule has 0 bridgehead atoms. The highest BCUT2D eigenvalue weighted by molar-refractivity contribution is 4.81. The summed E-state index contributed by atoms with van der Waals surface area (Å²) in [7, 11) is 6.00. The summed E-state index contributed by atoms with van der Waals surface area (Å²) in [6.07, 6.45) is 23.9. The van der Waals surface area contributed by atoms with E-state index < -0.39 is 0 Å². The Balaban J connectivity index is 0. The van der Waals surface area contributed by atoms with Gasteiger partial charge in [0.25, 0.3) is 0 Å². The highest BCUT2D eigenvalue weighted by Crippen LogP contribution is 2.09. The molecule has 0 amide bonds. The lowest BCUT2D eigenvalue weighted by Crippen LogP contribution is -1.99. The summed E-state index contributed by atoms with van der Waals surface area (Å²) < 4.78 is 0. The Morgan fingerprint density at radius 1 is 0.609 bits per heavy atom. The third kappa shape index (κ3) is 34.1. The van der Waals surface area contributed by atoms with Crippen molar-refractivity contribution in [2.24, 2.45) is 5.73 Å². The number of rotatable bonds is 15. The van der Waals surface area contributed by atoms with Crippen molar-refractivity contribution in [3.8, 4) is 0 Å². The average Bonchev–Trinajstić information content (AvgIpc) is 2.50. The molecule has 2 N–H and O–H groups in total. The van der Waals surface area contributed by atoms with Gasteiger partial charge in [-0.25, -0.2) is 0 Å². The Morgan fingerprint density at radius 2 is 0.957 bits per heavy atom. The van der Waals surface area contributed by atoms with Crippen LogP contribution in [0.25, 0.3) is 0 Å². The monoisotopic (exact) mass is 326 g/mol. The molecule has 0 unspecified atom stereocenters. The van der Waals surface area contributed by atoms with Gasteiger partial charge in [-0.3, -0.25) is 0 Å². The molecule has 0 saturated carbocycles. The summed E-state index contributed by atoms with van der Waals surface area (Å²) in [5.41, 5.74) is 5.47. The molecule has 0 aliphatic carbocycles. The molecule has 0 heterocycles. The molecule has 2 nitrogen and oxygen atoms in total. The first-order valence-corrected chi connectivity index (χ1v) is 10.1. The quantitative estimate of drug-likeness (QED) is 0.288. The number of allylic oxidation sites excluding steroid dienone is 2. The Morgan fingerprint density at radius 3 is 1.35 bits per heavy atom. The fourth-order valence-electron chi connectivity index (χ4n) is 2.39. The lowest BCUT2D eigenvalue weighted by Gasteiger charge is -1.99. The highest BCUT2D eigenvalue weighted by atomic mass is 15.0. The van der Waals surface area contributed by atoms with Gasteiger partial charge in [0.05, 0.1) is 0 Å². The Bertz CT molecular complexity index is 209. The largest absolute Gasteiger partial charge is 0.330 e. The maximum Gasteiger partial charge on any atom is -0.00773 e. The van der Waals surface area contributed by atoms with E-state index in [0.717, 1.165) is 6.54 Å². The zero-order chi connectivity index (χ0) is 17.6. The number of hydrogen-bond donors (Lipinski definition) is 1. The van der Waals surface area contributed by atoms with Gasteiger partial charge in [0, 0.05) is 0 Å². The Labute approximate surface area is 147 Å². The normalized spacial score (nSPS) is 11.0. The van der Waals surface area contributed by atoms with Gasteiger partial charge in [0.15, 0.2) is 0 Å². The molecule has 23 heavy (non-hydrogen) atoms. The van der Waals surface area contributed by atoms with Gasteiger partial charge in [-0.2, -0.15) is 0 Å². The minimum Gasteiger partial charge on any atom is -0.330 e. The summed E-state index contributed by atoms with van der Waals surface area (Å²) in [6.45, 7) is 3.14. The van der Waals surface area contributed by atoms with Gasteiger partial charge in [-0.15, -0.1) is 0 Å². The first-order valence-electron chi connectivity index (χ1n) is 10.1. The molecule has 0 aliphatic rings. The minimum absolute atomic E-state index is 0.862. The van der Waals surface area contributed by atoms with Crippen LogP contribution in [0.5, 0.6) is 0 Å². The molecule has 0 rings (SSSR count). The smallest absolute Gasteiger partial charge is 0.00773 e. The van der Waals surface area contributed by atoms with E-state index in [-0.39, 0.29) is 0 Å². The SMILES string of the molecule is CCCCCCCC/C=C\CCCCCCCCN.CN(C)C. The number of unbranched alkanes of at least 4 members (excludes halogenated alkanes) is 12. The molecule has 140 valence electrons. The van der Waals surface area contributed by atoms with Gasteiger partial charge >= 0.3 is 0 Å². The second kappa shape index (κ2) is 23.9. The van der Waals surface area contributed by atoms with Gasteiger partial charge in [0.2, 0.25) is 0 Å². The third-order valence-corrected chi connectivity index (χ3v) is 3.72. The molecule has 0 spiro atoms. The predicted molar refractivity (Wildman–Crippen MR) is 108 cm³/mol. The minimum atomic E-state index is 0.862. The first-order chi connectivity index (χ1) is 11.1. The fraction of sp³-hybridized carbons (Fsp3) is 0.905. The van der Waals surface area contributed by atoms with Crippen molar-refractivity contribution >= 4 is 0 Å². The van der Waals surface area contributed by atoms with Gasteiger partial charge in [-0.1, -0.05) is 76.9 Å². The van der Waals surface area contributed by atoms with E-state index in [9.17, 15) is 0 Å². The predicted octanol–water partition coefficient (Wildman–Crippen LogP) is 6.16. The summed E-state index contributed by atoms with van der Waals surface area (Å²) in [4.78, 5) is 2.00. The number of nitrogens with zero attached hydrogens (tertiary/aromatic N) is 1. The van der Waals surface area contributed by atoms with Gasteiger partial charge in [0.1, 0.15) is 0 Å². The summed E-state index contributed by atoms with van der Waals surface area (Å²) in [5, 5.41) is 0. The molecule has 0 fully saturated rings. The van der Waals surface area contributed by atoms with Crippen LogP contribution in [-0.2, 0) is 0 Å². The van der Waals surface area contributed by atoms with Crippen molar-refractivity contribution < 1.29 is 0 Å². The molecule has 0 atom stereocenters. The fourth-order valence-corrected chi connectivity index (χ4v) is 2.39. The van der Waals surface area contributed by atoms with Crippen molar-refractivity contribution in [2.75, 3.05) is 27.7 Å². The lowest BCUT2D eigenvalue weighted by molar-refractivity contribution is 0.505. The molecule has 2 heteroatoms. The molecule has 0 aliphatic heterocycles. The van der Waals surface area contributed by atoms with Crippen LogP contribution in [0.2, 0.25) is 0 Å². The van der Waals surface area contributed by atoms with E-state index >= 15 is 0 Å². The van der Waals surface area contributed by atoms with Crippen molar-refractivity contribution in [2.45, 2.75) is 96.8 Å². The van der Waals surface area contributed by atoms with Gasteiger partial charge < -0.3 is 10.6 Å². The molecule has 0 aromatic carbocycles. The van der Waals surface area contributed by atoms with Crippen molar-refractivity contribution in [1.29, 1.82) is 0 Å². The standard InChI is InChI=1S/C18H37N.C3H9N/c1-2-3-4-5-6-7-8-9-10-11-12-13-14-15-16-17-18-19;1-4(2)3/h9-10H,2-8,11-19H2,1H3;1-3H3/b10-9-;.